The van der Waals surface area contributed by atoms with Gasteiger partial charge in [0.15, 0.2) is 0 Å². The van der Waals surface area contributed by atoms with Crippen molar-refractivity contribution < 1.29 is 18.6 Å². The van der Waals surface area contributed by atoms with Crippen LogP contribution in [0, 0.1) is 0 Å². The Labute approximate surface area is 307 Å². The first-order chi connectivity index (χ1) is 23.5. The molecule has 0 amide bonds. The topological polar surface area (TPSA) is 36.9 Å². The molecule has 2 heterocycles. The second-order valence-corrected chi connectivity index (χ2v) is 18.6. The number of rotatable bonds is 14. The molecule has 0 saturated carbocycles. The third-order valence-electron chi connectivity index (χ3n) is 12.7. The summed E-state index contributed by atoms with van der Waals surface area (Å²) in [6.07, 6.45) is 16.6. The van der Waals surface area contributed by atoms with Crippen molar-refractivity contribution in [2.24, 2.45) is 0 Å². The number of hydrogen-bond donors (Lipinski definition) is 0. The summed E-state index contributed by atoms with van der Waals surface area (Å²) < 4.78 is 26.8. The normalized spacial score (nSPS) is 22.6. The van der Waals surface area contributed by atoms with E-state index in [1.54, 1.807) is 0 Å². The summed E-state index contributed by atoms with van der Waals surface area (Å²) in [5, 5.41) is 0. The van der Waals surface area contributed by atoms with E-state index in [1.165, 1.54) is 106 Å². The van der Waals surface area contributed by atoms with Crippen molar-refractivity contribution in [1.82, 2.24) is 0 Å². The minimum absolute atomic E-state index is 0.0576. The average Bonchev–Trinajstić information content (AvgIpc) is 3.21. The molecule has 0 spiro atoms. The first kappa shape index (κ1) is 39.6. The Kier molecular flexibility index (Phi) is 11.9. The van der Waals surface area contributed by atoms with Crippen molar-refractivity contribution in [2.75, 3.05) is 0 Å². The van der Waals surface area contributed by atoms with Crippen LogP contribution in [-0.4, -0.2) is 36.6 Å². The Balaban J connectivity index is 1.77. The van der Waals surface area contributed by atoms with E-state index < -0.39 is 0 Å². The van der Waals surface area contributed by atoms with Gasteiger partial charge in [0.2, 0.25) is 0 Å². The van der Waals surface area contributed by atoms with Crippen molar-refractivity contribution in [3.63, 3.8) is 0 Å². The van der Waals surface area contributed by atoms with Gasteiger partial charge in [-0.25, -0.2) is 0 Å². The van der Waals surface area contributed by atoms with E-state index >= 15 is 0 Å². The molecule has 3 aliphatic rings. The molecule has 0 unspecified atom stereocenters. The van der Waals surface area contributed by atoms with Crippen LogP contribution < -0.4 is 10.9 Å². The zero-order valence-corrected chi connectivity index (χ0v) is 34.2. The van der Waals surface area contributed by atoms with Crippen LogP contribution in [0.1, 0.15) is 184 Å². The number of hydrogen-bond acceptors (Lipinski definition) is 4. The lowest BCUT2D eigenvalue weighted by Gasteiger charge is -2.45. The van der Waals surface area contributed by atoms with Crippen molar-refractivity contribution in [1.29, 1.82) is 0 Å². The third kappa shape index (κ3) is 7.99. The molecule has 0 radical (unpaired) electrons. The standard InChI is InChI=1S/C44H70B2O4/c1-13-17-25-43(26-18-14-2)32-44(27-19-15-3,28-20-16-4)38-30-34(46-49-41(9,10)42(11,12)50-46)22-24-36(38)35-23-21-33(29-37(35)43)45-47-39(5,6)31-40(7,8)48-45/h21-24,29-30H,13-20,25-28,31-32H2,1-12H3. The van der Waals surface area contributed by atoms with Crippen molar-refractivity contribution in [3.8, 4) is 11.1 Å². The summed E-state index contributed by atoms with van der Waals surface area (Å²) in [5.41, 5.74) is 7.00. The zero-order chi connectivity index (χ0) is 36.6. The molecule has 0 bridgehead atoms. The first-order valence-corrected chi connectivity index (χ1v) is 20.5. The van der Waals surface area contributed by atoms with E-state index in [2.05, 4.69) is 119 Å². The SMILES string of the molecule is CCCCC1(CCCC)CC(CCCC)(CCCC)c2cc(B3OC(C)(C)C(C)(C)O3)ccc2-c2ccc(B3OC(C)(C)CC(C)(C)O3)cc21. The summed E-state index contributed by atoms with van der Waals surface area (Å²) in [5.74, 6) is 0. The molecule has 2 aromatic carbocycles. The van der Waals surface area contributed by atoms with Crippen molar-refractivity contribution in [2.45, 2.75) is 206 Å². The van der Waals surface area contributed by atoms with Gasteiger partial charge in [0.05, 0.1) is 22.4 Å². The smallest absolute Gasteiger partial charge is 0.402 e. The average molecular weight is 685 g/mol. The first-order valence-electron chi connectivity index (χ1n) is 20.5. The van der Waals surface area contributed by atoms with Crippen LogP contribution in [0.4, 0.5) is 0 Å². The molecule has 0 N–H and O–H groups in total. The molecule has 50 heavy (non-hydrogen) atoms. The van der Waals surface area contributed by atoms with Gasteiger partial charge in [-0.2, -0.15) is 0 Å². The molecule has 276 valence electrons. The lowest BCUT2D eigenvalue weighted by molar-refractivity contribution is -0.0716. The maximum atomic E-state index is 6.72. The number of unbranched alkanes of at least 4 members (excludes halogenated alkanes) is 4. The second kappa shape index (κ2) is 15.0. The lowest BCUT2D eigenvalue weighted by Crippen LogP contribution is -2.56. The fourth-order valence-corrected chi connectivity index (χ4v) is 9.63. The van der Waals surface area contributed by atoms with E-state index in [1.807, 2.05) is 0 Å². The number of fused-ring (bicyclic) bond motifs is 3. The predicted molar refractivity (Wildman–Crippen MR) is 214 cm³/mol. The van der Waals surface area contributed by atoms with Gasteiger partial charge in [0.25, 0.3) is 0 Å². The lowest BCUT2D eigenvalue weighted by atomic mass is 9.59. The Morgan fingerprint density at radius 3 is 1.16 bits per heavy atom. The molecular weight excluding hydrogens is 614 g/mol. The van der Waals surface area contributed by atoms with E-state index in [0.29, 0.717) is 0 Å². The molecule has 2 aliphatic heterocycles. The molecule has 5 rings (SSSR count). The highest BCUT2D eigenvalue weighted by Crippen LogP contribution is 2.56. The Morgan fingerprint density at radius 2 is 0.820 bits per heavy atom. The summed E-state index contributed by atoms with van der Waals surface area (Å²) in [4.78, 5) is 0. The molecule has 6 heteroatoms. The highest BCUT2D eigenvalue weighted by atomic mass is 16.7. The largest absolute Gasteiger partial charge is 0.494 e. The van der Waals surface area contributed by atoms with Crippen LogP contribution in [0.5, 0.6) is 0 Å². The quantitative estimate of drug-likeness (QED) is 0.186. The van der Waals surface area contributed by atoms with Crippen molar-refractivity contribution >= 4 is 25.2 Å². The summed E-state index contributed by atoms with van der Waals surface area (Å²) in [6.45, 7) is 26.9. The predicted octanol–water partition coefficient (Wildman–Crippen LogP) is 11.0. The minimum Gasteiger partial charge on any atom is -0.402 e. The molecule has 2 saturated heterocycles. The highest BCUT2D eigenvalue weighted by molar-refractivity contribution is 6.62. The monoisotopic (exact) mass is 685 g/mol. The van der Waals surface area contributed by atoms with Gasteiger partial charge in [0, 0.05) is 6.42 Å². The summed E-state index contributed by atoms with van der Waals surface area (Å²) in [6, 6.07) is 14.5. The van der Waals surface area contributed by atoms with Crippen molar-refractivity contribution in [3.05, 3.63) is 47.5 Å². The Morgan fingerprint density at radius 1 is 0.480 bits per heavy atom. The Bertz CT molecular complexity index is 1410. The van der Waals surface area contributed by atoms with Crippen LogP contribution in [0.3, 0.4) is 0 Å². The minimum atomic E-state index is -0.382. The van der Waals surface area contributed by atoms with Crippen LogP contribution in [0.25, 0.3) is 11.1 Å². The Hall–Kier alpha value is -1.59. The van der Waals surface area contributed by atoms with Gasteiger partial charge >= 0.3 is 14.2 Å². The summed E-state index contributed by atoms with van der Waals surface area (Å²) >= 11 is 0. The van der Waals surface area contributed by atoms with Gasteiger partial charge in [-0.05, 0) is 132 Å². The van der Waals surface area contributed by atoms with E-state index in [0.717, 1.165) is 17.3 Å². The van der Waals surface area contributed by atoms with Gasteiger partial charge in [0.1, 0.15) is 0 Å². The van der Waals surface area contributed by atoms with E-state index in [9.17, 15) is 0 Å². The molecule has 1 aliphatic carbocycles. The third-order valence-corrected chi connectivity index (χ3v) is 12.7. The van der Waals surface area contributed by atoms with Crippen LogP contribution in [0.2, 0.25) is 0 Å². The van der Waals surface area contributed by atoms with E-state index in [-0.39, 0.29) is 47.5 Å². The van der Waals surface area contributed by atoms with Gasteiger partial charge in [-0.3, -0.25) is 0 Å². The maximum absolute atomic E-state index is 6.72. The van der Waals surface area contributed by atoms with Gasteiger partial charge in [-0.15, -0.1) is 0 Å². The molecule has 0 aromatic heterocycles. The highest BCUT2D eigenvalue weighted by Gasteiger charge is 2.53. The molecule has 0 atom stereocenters. The summed E-state index contributed by atoms with van der Waals surface area (Å²) in [7, 11) is -0.754. The van der Waals surface area contributed by atoms with Gasteiger partial charge in [-0.1, -0.05) is 115 Å². The molecule has 4 nitrogen and oxygen atoms in total. The second-order valence-electron chi connectivity index (χ2n) is 18.6. The zero-order valence-electron chi connectivity index (χ0n) is 34.2. The fraction of sp³-hybridized carbons (Fsp3) is 0.727. The number of benzene rings is 2. The van der Waals surface area contributed by atoms with E-state index in [4.69, 9.17) is 18.6 Å². The van der Waals surface area contributed by atoms with Gasteiger partial charge < -0.3 is 18.6 Å². The molecular formula is C44H70B2O4. The van der Waals surface area contributed by atoms with Crippen LogP contribution in [-0.2, 0) is 29.4 Å². The molecule has 2 aromatic rings. The maximum Gasteiger partial charge on any atom is 0.494 e. The fourth-order valence-electron chi connectivity index (χ4n) is 9.63. The molecule has 2 fully saturated rings. The van der Waals surface area contributed by atoms with Crippen LogP contribution in [0.15, 0.2) is 36.4 Å². The van der Waals surface area contributed by atoms with Crippen LogP contribution >= 0.6 is 0 Å².